The van der Waals surface area contributed by atoms with E-state index in [1.807, 2.05) is 12.1 Å². The molecule has 4 nitrogen and oxygen atoms in total. The van der Waals surface area contributed by atoms with Crippen LogP contribution in [-0.4, -0.2) is 35.4 Å². The van der Waals surface area contributed by atoms with Gasteiger partial charge in [-0.3, -0.25) is 4.79 Å². The Balaban J connectivity index is 2.63. The largest absolute Gasteiger partial charge is 0.481 e. The van der Waals surface area contributed by atoms with E-state index in [1.165, 1.54) is 5.56 Å². The van der Waals surface area contributed by atoms with Crippen molar-refractivity contribution in [2.45, 2.75) is 38.6 Å². The Morgan fingerprint density at radius 1 is 1.26 bits per heavy atom. The lowest BCUT2D eigenvalue weighted by molar-refractivity contribution is -0.137. The first-order valence-electron chi connectivity index (χ1n) is 6.67. The van der Waals surface area contributed by atoms with Gasteiger partial charge in [0.05, 0.1) is 13.0 Å². The van der Waals surface area contributed by atoms with E-state index >= 15 is 0 Å². The van der Waals surface area contributed by atoms with E-state index in [4.69, 9.17) is 10.2 Å². The topological polar surface area (TPSA) is 69.6 Å². The van der Waals surface area contributed by atoms with E-state index in [-0.39, 0.29) is 19.1 Å². The Morgan fingerprint density at radius 3 is 2.37 bits per heavy atom. The normalized spacial score (nSPS) is 12.6. The van der Waals surface area contributed by atoms with Crippen LogP contribution in [0, 0.1) is 0 Å². The number of aliphatic carboxylic acids is 1. The van der Waals surface area contributed by atoms with Gasteiger partial charge in [-0.1, -0.05) is 38.1 Å². The minimum atomic E-state index is -0.825. The standard InChI is InChI=1S/C15H23NO3/c1-11(2)13-5-3-12(4-6-13)9-14(10-15(18)19)16-7-8-17/h3-6,11,14,16-17H,7-10H2,1-2H3,(H,18,19). The second-order valence-electron chi connectivity index (χ2n) is 5.07. The van der Waals surface area contributed by atoms with Gasteiger partial charge < -0.3 is 15.5 Å². The van der Waals surface area contributed by atoms with Crippen LogP contribution in [0.1, 0.15) is 37.3 Å². The molecule has 3 N–H and O–H groups in total. The molecule has 1 aromatic rings. The van der Waals surface area contributed by atoms with Crippen LogP contribution in [0.2, 0.25) is 0 Å². The maximum atomic E-state index is 10.8. The molecule has 1 atom stereocenters. The van der Waals surface area contributed by atoms with Crippen LogP contribution in [-0.2, 0) is 11.2 Å². The zero-order valence-electron chi connectivity index (χ0n) is 11.6. The van der Waals surface area contributed by atoms with Crippen molar-refractivity contribution in [1.29, 1.82) is 0 Å². The van der Waals surface area contributed by atoms with E-state index in [9.17, 15) is 4.79 Å². The first-order chi connectivity index (χ1) is 9.02. The van der Waals surface area contributed by atoms with Crippen LogP contribution < -0.4 is 5.32 Å². The quantitative estimate of drug-likeness (QED) is 0.670. The van der Waals surface area contributed by atoms with Crippen molar-refractivity contribution in [1.82, 2.24) is 5.32 Å². The lowest BCUT2D eigenvalue weighted by Gasteiger charge is -2.17. The van der Waals surface area contributed by atoms with E-state index in [0.717, 1.165) is 5.56 Å². The van der Waals surface area contributed by atoms with Crippen molar-refractivity contribution in [2.75, 3.05) is 13.2 Å². The Labute approximate surface area is 114 Å². The van der Waals surface area contributed by atoms with Gasteiger partial charge in [-0.25, -0.2) is 0 Å². The van der Waals surface area contributed by atoms with Crippen molar-refractivity contribution in [3.05, 3.63) is 35.4 Å². The molecule has 0 heterocycles. The van der Waals surface area contributed by atoms with Crippen molar-refractivity contribution in [3.63, 3.8) is 0 Å². The highest BCUT2D eigenvalue weighted by Crippen LogP contribution is 2.16. The number of hydrogen-bond acceptors (Lipinski definition) is 3. The molecule has 0 bridgehead atoms. The van der Waals surface area contributed by atoms with Gasteiger partial charge in [0, 0.05) is 12.6 Å². The molecule has 1 aromatic carbocycles. The van der Waals surface area contributed by atoms with Crippen LogP contribution in [0.4, 0.5) is 0 Å². The highest BCUT2D eigenvalue weighted by atomic mass is 16.4. The number of hydrogen-bond donors (Lipinski definition) is 3. The first-order valence-corrected chi connectivity index (χ1v) is 6.67. The number of carbonyl (C=O) groups is 1. The van der Waals surface area contributed by atoms with Gasteiger partial charge in [-0.05, 0) is 23.5 Å². The van der Waals surface area contributed by atoms with E-state index in [0.29, 0.717) is 18.9 Å². The number of nitrogens with one attached hydrogen (secondary N) is 1. The predicted octanol–water partition coefficient (Wildman–Crippen LogP) is 1.78. The van der Waals surface area contributed by atoms with Gasteiger partial charge in [-0.2, -0.15) is 0 Å². The summed E-state index contributed by atoms with van der Waals surface area (Å²) in [6.07, 6.45) is 0.719. The van der Waals surface area contributed by atoms with Crippen molar-refractivity contribution >= 4 is 5.97 Å². The molecule has 0 fully saturated rings. The molecule has 19 heavy (non-hydrogen) atoms. The summed E-state index contributed by atoms with van der Waals surface area (Å²) in [5.41, 5.74) is 2.39. The highest BCUT2D eigenvalue weighted by molar-refractivity contribution is 5.67. The third-order valence-electron chi connectivity index (χ3n) is 3.09. The summed E-state index contributed by atoms with van der Waals surface area (Å²) in [6.45, 7) is 4.72. The second-order valence-corrected chi connectivity index (χ2v) is 5.07. The highest BCUT2D eigenvalue weighted by Gasteiger charge is 2.13. The summed E-state index contributed by atoms with van der Waals surface area (Å²) < 4.78 is 0. The molecule has 4 heteroatoms. The Kier molecular flexibility index (Phi) is 6.53. The third kappa shape index (κ3) is 5.85. The lowest BCUT2D eigenvalue weighted by atomic mass is 9.98. The number of rotatable bonds is 8. The third-order valence-corrected chi connectivity index (χ3v) is 3.09. The summed E-state index contributed by atoms with van der Waals surface area (Å²) in [5.74, 6) is -0.328. The molecule has 0 saturated carbocycles. The summed E-state index contributed by atoms with van der Waals surface area (Å²) in [4.78, 5) is 10.8. The fraction of sp³-hybridized carbons (Fsp3) is 0.533. The minimum Gasteiger partial charge on any atom is -0.481 e. The molecule has 0 aliphatic heterocycles. The van der Waals surface area contributed by atoms with Crippen LogP contribution in [0.25, 0.3) is 0 Å². The molecule has 0 spiro atoms. The van der Waals surface area contributed by atoms with Crippen LogP contribution in [0.5, 0.6) is 0 Å². The number of aliphatic hydroxyl groups excluding tert-OH is 1. The fourth-order valence-electron chi connectivity index (χ4n) is 2.02. The maximum Gasteiger partial charge on any atom is 0.304 e. The van der Waals surface area contributed by atoms with Gasteiger partial charge >= 0.3 is 5.97 Å². The number of carboxylic acid groups (broad SMARTS) is 1. The SMILES string of the molecule is CC(C)c1ccc(CC(CC(=O)O)NCCO)cc1. The molecule has 1 unspecified atom stereocenters. The van der Waals surface area contributed by atoms with Crippen molar-refractivity contribution in [3.8, 4) is 0 Å². The maximum absolute atomic E-state index is 10.8. The molecular formula is C15H23NO3. The van der Waals surface area contributed by atoms with Crippen LogP contribution >= 0.6 is 0 Å². The van der Waals surface area contributed by atoms with Gasteiger partial charge in [0.1, 0.15) is 0 Å². The van der Waals surface area contributed by atoms with Crippen LogP contribution in [0.3, 0.4) is 0 Å². The van der Waals surface area contributed by atoms with Gasteiger partial charge in [0.2, 0.25) is 0 Å². The molecule has 0 saturated heterocycles. The molecule has 1 rings (SSSR count). The van der Waals surface area contributed by atoms with E-state index in [1.54, 1.807) is 0 Å². The summed E-state index contributed by atoms with van der Waals surface area (Å²) in [7, 11) is 0. The number of aliphatic hydroxyl groups is 1. The molecule has 0 amide bonds. The average molecular weight is 265 g/mol. The Morgan fingerprint density at radius 2 is 1.89 bits per heavy atom. The van der Waals surface area contributed by atoms with Gasteiger partial charge in [0.15, 0.2) is 0 Å². The van der Waals surface area contributed by atoms with Crippen molar-refractivity contribution in [2.24, 2.45) is 0 Å². The average Bonchev–Trinajstić information content (AvgIpc) is 2.36. The predicted molar refractivity (Wildman–Crippen MR) is 75.4 cm³/mol. The van der Waals surface area contributed by atoms with E-state index in [2.05, 4.69) is 31.3 Å². The molecular weight excluding hydrogens is 242 g/mol. The first kappa shape index (κ1) is 15.7. The Bertz CT molecular complexity index is 387. The van der Waals surface area contributed by atoms with Gasteiger partial charge in [-0.15, -0.1) is 0 Å². The smallest absolute Gasteiger partial charge is 0.304 e. The zero-order chi connectivity index (χ0) is 14.3. The van der Waals surface area contributed by atoms with Crippen molar-refractivity contribution < 1.29 is 15.0 Å². The Hall–Kier alpha value is -1.39. The summed E-state index contributed by atoms with van der Waals surface area (Å²) in [5, 5.41) is 20.7. The summed E-state index contributed by atoms with van der Waals surface area (Å²) >= 11 is 0. The van der Waals surface area contributed by atoms with Crippen LogP contribution in [0.15, 0.2) is 24.3 Å². The second kappa shape index (κ2) is 7.92. The lowest BCUT2D eigenvalue weighted by Crippen LogP contribution is -2.35. The van der Waals surface area contributed by atoms with E-state index < -0.39 is 5.97 Å². The molecule has 0 aliphatic rings. The fourth-order valence-corrected chi connectivity index (χ4v) is 2.02. The molecule has 0 aromatic heterocycles. The minimum absolute atomic E-state index is 0.0163. The zero-order valence-corrected chi connectivity index (χ0v) is 11.6. The molecule has 0 aliphatic carbocycles. The number of carboxylic acids is 1. The summed E-state index contributed by atoms with van der Waals surface area (Å²) in [6, 6.07) is 8.12. The molecule has 0 radical (unpaired) electrons. The number of benzene rings is 1. The molecule has 106 valence electrons. The van der Waals surface area contributed by atoms with Gasteiger partial charge in [0.25, 0.3) is 0 Å². The monoisotopic (exact) mass is 265 g/mol.